The average molecular weight is 245 g/mol. The maximum atomic E-state index is 12.1. The molecule has 96 valence electrons. The molecule has 0 aromatic heterocycles. The third-order valence-corrected chi connectivity index (χ3v) is 3.42. The molecule has 0 N–H and O–H groups in total. The lowest BCUT2D eigenvalue weighted by molar-refractivity contribution is 0.0630. The number of carbonyl (C=O) groups excluding carboxylic acids is 2. The minimum Gasteiger partial charge on any atom is -0.274 e. The van der Waals surface area contributed by atoms with Crippen LogP contribution in [0.15, 0.2) is 24.3 Å². The third-order valence-electron chi connectivity index (χ3n) is 3.42. The van der Waals surface area contributed by atoms with Crippen molar-refractivity contribution < 1.29 is 9.59 Å². The van der Waals surface area contributed by atoms with Crippen LogP contribution in [-0.4, -0.2) is 23.3 Å². The van der Waals surface area contributed by atoms with Crippen LogP contribution in [0.3, 0.4) is 0 Å². The number of fused-ring (bicyclic) bond motifs is 1. The Morgan fingerprint density at radius 2 is 1.67 bits per heavy atom. The molecule has 1 aromatic rings. The quantitative estimate of drug-likeness (QED) is 0.747. The van der Waals surface area contributed by atoms with Gasteiger partial charge in [0.2, 0.25) is 0 Å². The highest BCUT2D eigenvalue weighted by Crippen LogP contribution is 2.24. The molecule has 3 heteroatoms. The van der Waals surface area contributed by atoms with Gasteiger partial charge in [-0.25, -0.2) is 0 Å². The average Bonchev–Trinajstić information content (AvgIpc) is 2.62. The minimum absolute atomic E-state index is 0.140. The van der Waals surface area contributed by atoms with Crippen molar-refractivity contribution in [1.82, 2.24) is 4.90 Å². The Balaban J connectivity index is 2.09. The Hall–Kier alpha value is -1.64. The highest BCUT2D eigenvalue weighted by molar-refractivity contribution is 6.21. The van der Waals surface area contributed by atoms with Gasteiger partial charge in [0.1, 0.15) is 0 Å². The van der Waals surface area contributed by atoms with Crippen LogP contribution in [0.1, 0.15) is 53.8 Å². The summed E-state index contributed by atoms with van der Waals surface area (Å²) in [5.74, 6) is 0.0880. The van der Waals surface area contributed by atoms with Gasteiger partial charge < -0.3 is 0 Å². The number of imide groups is 1. The van der Waals surface area contributed by atoms with Gasteiger partial charge in [-0.2, -0.15) is 0 Å². The number of hydrogen-bond donors (Lipinski definition) is 0. The molecule has 0 fully saturated rings. The zero-order valence-corrected chi connectivity index (χ0v) is 11.0. The molecule has 2 amide bonds. The Morgan fingerprint density at radius 3 is 2.17 bits per heavy atom. The highest BCUT2D eigenvalue weighted by Gasteiger charge is 2.35. The Morgan fingerprint density at radius 1 is 1.11 bits per heavy atom. The second kappa shape index (κ2) is 5.34. The van der Waals surface area contributed by atoms with E-state index >= 15 is 0 Å². The predicted molar refractivity (Wildman–Crippen MR) is 70.5 cm³/mol. The van der Waals surface area contributed by atoms with Crippen molar-refractivity contribution in [1.29, 1.82) is 0 Å². The topological polar surface area (TPSA) is 37.4 Å². The molecular formula is C15H19NO2. The molecule has 0 saturated heterocycles. The van der Waals surface area contributed by atoms with Crippen LogP contribution in [0.25, 0.3) is 0 Å². The molecule has 0 aliphatic carbocycles. The van der Waals surface area contributed by atoms with E-state index in [1.165, 1.54) is 4.90 Å². The first-order valence-electron chi connectivity index (χ1n) is 6.60. The van der Waals surface area contributed by atoms with Gasteiger partial charge in [-0.05, 0) is 24.5 Å². The normalized spacial score (nSPS) is 16.0. The molecule has 0 saturated carbocycles. The number of nitrogens with zero attached hydrogens (tertiary/aromatic N) is 1. The second-order valence-corrected chi connectivity index (χ2v) is 5.01. The molecule has 0 radical (unpaired) electrons. The zero-order valence-electron chi connectivity index (χ0n) is 11.0. The lowest BCUT2D eigenvalue weighted by atomic mass is 10.0. The maximum absolute atomic E-state index is 12.1. The number of rotatable bonds is 5. The monoisotopic (exact) mass is 245 g/mol. The first-order valence-corrected chi connectivity index (χ1v) is 6.60. The van der Waals surface area contributed by atoms with E-state index in [9.17, 15) is 9.59 Å². The molecule has 1 aliphatic heterocycles. The van der Waals surface area contributed by atoms with Gasteiger partial charge >= 0.3 is 0 Å². The fourth-order valence-corrected chi connectivity index (χ4v) is 2.36. The van der Waals surface area contributed by atoms with Gasteiger partial charge in [0, 0.05) is 6.54 Å². The molecule has 1 atom stereocenters. The third kappa shape index (κ3) is 2.30. The second-order valence-electron chi connectivity index (χ2n) is 5.01. The number of amides is 2. The van der Waals surface area contributed by atoms with Crippen molar-refractivity contribution in [2.75, 3.05) is 6.54 Å². The SMILES string of the molecule is CCCC[C@@H](C)CN1C(=O)c2ccccc2C1=O. The molecule has 2 rings (SSSR count). The van der Waals surface area contributed by atoms with E-state index in [0.717, 1.165) is 19.3 Å². The van der Waals surface area contributed by atoms with E-state index in [2.05, 4.69) is 13.8 Å². The number of unbranched alkanes of at least 4 members (excludes halogenated alkanes) is 1. The molecule has 0 unspecified atom stereocenters. The Bertz CT molecular complexity index is 432. The van der Waals surface area contributed by atoms with Crippen LogP contribution >= 0.6 is 0 Å². The van der Waals surface area contributed by atoms with Gasteiger partial charge in [0.25, 0.3) is 11.8 Å². The first-order chi connectivity index (χ1) is 8.65. The fourth-order valence-electron chi connectivity index (χ4n) is 2.36. The van der Waals surface area contributed by atoms with Crippen LogP contribution in [-0.2, 0) is 0 Å². The number of benzene rings is 1. The van der Waals surface area contributed by atoms with Gasteiger partial charge in [-0.15, -0.1) is 0 Å². The summed E-state index contributed by atoms with van der Waals surface area (Å²) in [4.78, 5) is 25.6. The minimum atomic E-state index is -0.140. The lowest BCUT2D eigenvalue weighted by Gasteiger charge is -2.18. The van der Waals surface area contributed by atoms with E-state index in [0.29, 0.717) is 23.6 Å². The van der Waals surface area contributed by atoms with E-state index in [1.54, 1.807) is 24.3 Å². The zero-order chi connectivity index (χ0) is 13.1. The Kier molecular flexibility index (Phi) is 3.80. The van der Waals surface area contributed by atoms with Crippen LogP contribution in [0.4, 0.5) is 0 Å². The van der Waals surface area contributed by atoms with Crippen molar-refractivity contribution in [3.63, 3.8) is 0 Å². The van der Waals surface area contributed by atoms with E-state index in [4.69, 9.17) is 0 Å². The molecule has 1 aromatic carbocycles. The summed E-state index contributed by atoms with van der Waals surface area (Å²) in [6.07, 6.45) is 3.35. The van der Waals surface area contributed by atoms with Crippen molar-refractivity contribution in [3.8, 4) is 0 Å². The molecular weight excluding hydrogens is 226 g/mol. The van der Waals surface area contributed by atoms with Crippen molar-refractivity contribution in [2.45, 2.75) is 33.1 Å². The summed E-state index contributed by atoms with van der Waals surface area (Å²) in [5.41, 5.74) is 1.09. The van der Waals surface area contributed by atoms with Crippen LogP contribution in [0, 0.1) is 5.92 Å². The summed E-state index contributed by atoms with van der Waals surface area (Å²) in [6.45, 7) is 4.78. The number of hydrogen-bond acceptors (Lipinski definition) is 2. The highest BCUT2D eigenvalue weighted by atomic mass is 16.2. The van der Waals surface area contributed by atoms with Gasteiger partial charge in [0.15, 0.2) is 0 Å². The summed E-state index contributed by atoms with van der Waals surface area (Å²) >= 11 is 0. The van der Waals surface area contributed by atoms with E-state index in [1.807, 2.05) is 0 Å². The van der Waals surface area contributed by atoms with Crippen molar-refractivity contribution in [2.24, 2.45) is 5.92 Å². The first kappa shape index (κ1) is 12.8. The van der Waals surface area contributed by atoms with Gasteiger partial charge in [0.05, 0.1) is 11.1 Å². The number of carbonyl (C=O) groups is 2. The fraction of sp³-hybridized carbons (Fsp3) is 0.467. The van der Waals surface area contributed by atoms with Crippen LogP contribution in [0.2, 0.25) is 0 Å². The van der Waals surface area contributed by atoms with Crippen molar-refractivity contribution >= 4 is 11.8 Å². The Labute approximate surface area is 108 Å². The predicted octanol–water partition coefficient (Wildman–Crippen LogP) is 3.11. The lowest BCUT2D eigenvalue weighted by Crippen LogP contribution is -2.33. The summed E-state index contributed by atoms with van der Waals surface area (Å²) in [5, 5.41) is 0. The van der Waals surface area contributed by atoms with Gasteiger partial charge in [-0.1, -0.05) is 38.8 Å². The van der Waals surface area contributed by atoms with Gasteiger partial charge in [-0.3, -0.25) is 14.5 Å². The smallest absolute Gasteiger partial charge is 0.261 e. The summed E-state index contributed by atoms with van der Waals surface area (Å²) < 4.78 is 0. The molecule has 0 bridgehead atoms. The molecule has 0 spiro atoms. The molecule has 3 nitrogen and oxygen atoms in total. The van der Waals surface area contributed by atoms with E-state index < -0.39 is 0 Å². The van der Waals surface area contributed by atoms with Crippen LogP contribution in [0.5, 0.6) is 0 Å². The maximum Gasteiger partial charge on any atom is 0.261 e. The molecule has 1 heterocycles. The van der Waals surface area contributed by atoms with Crippen LogP contribution < -0.4 is 0 Å². The molecule has 18 heavy (non-hydrogen) atoms. The summed E-state index contributed by atoms with van der Waals surface area (Å²) in [7, 11) is 0. The standard InChI is InChI=1S/C15H19NO2/c1-3-4-7-11(2)10-16-14(17)12-8-5-6-9-13(12)15(16)18/h5-6,8-9,11H,3-4,7,10H2,1-2H3/t11-/m1/s1. The summed E-state index contributed by atoms with van der Waals surface area (Å²) in [6, 6.07) is 7.06. The van der Waals surface area contributed by atoms with Crippen molar-refractivity contribution in [3.05, 3.63) is 35.4 Å². The van der Waals surface area contributed by atoms with E-state index in [-0.39, 0.29) is 11.8 Å². The molecule has 1 aliphatic rings. The largest absolute Gasteiger partial charge is 0.274 e.